The Morgan fingerprint density at radius 2 is 1.74 bits per heavy atom. The van der Waals surface area contributed by atoms with Crippen molar-refractivity contribution in [2.45, 2.75) is 50.1 Å². The van der Waals surface area contributed by atoms with Gasteiger partial charge >= 0.3 is 6.09 Å². The van der Waals surface area contributed by atoms with Gasteiger partial charge in [-0.15, -0.1) is 5.10 Å². The third kappa shape index (κ3) is 4.60. The first-order valence-corrected chi connectivity index (χ1v) is 13.8. The van der Waals surface area contributed by atoms with E-state index in [1.807, 2.05) is 33.8 Å². The van der Waals surface area contributed by atoms with E-state index >= 15 is 0 Å². The average Bonchev–Trinajstić information content (AvgIpc) is 3.27. The summed E-state index contributed by atoms with van der Waals surface area (Å²) in [6.07, 6.45) is -0.343. The molecule has 1 fully saturated rings. The zero-order valence-corrected chi connectivity index (χ0v) is 22.8. The number of benzene rings is 2. The number of piperazine rings is 1. The SMILES string of the molecule is Cc1ccc(S(=O)(=O)c2n[nH]n3c2nc(=O)c2ccc(N4CCN(C(=O)OC(C)(C)C)CC4)cc23)c(C)c1. The number of aromatic nitrogens is 4. The maximum absolute atomic E-state index is 13.5. The molecule has 2 aromatic heterocycles. The number of sulfone groups is 1. The summed E-state index contributed by atoms with van der Waals surface area (Å²) in [5.41, 5.74) is 1.65. The molecule has 2 aromatic carbocycles. The first kappa shape index (κ1) is 25.7. The Morgan fingerprint density at radius 1 is 1.03 bits per heavy atom. The number of hydrogen-bond acceptors (Lipinski definition) is 8. The van der Waals surface area contributed by atoms with Gasteiger partial charge in [0, 0.05) is 31.9 Å². The molecule has 200 valence electrons. The van der Waals surface area contributed by atoms with Crippen LogP contribution < -0.4 is 10.5 Å². The molecule has 11 nitrogen and oxygen atoms in total. The quantitative estimate of drug-likeness (QED) is 0.421. The highest BCUT2D eigenvalue weighted by atomic mass is 32.2. The van der Waals surface area contributed by atoms with Crippen LogP contribution in [-0.2, 0) is 14.6 Å². The second-order valence-corrected chi connectivity index (χ2v) is 12.4. The van der Waals surface area contributed by atoms with Gasteiger partial charge in [-0.1, -0.05) is 17.7 Å². The van der Waals surface area contributed by atoms with Gasteiger partial charge in [-0.3, -0.25) is 4.79 Å². The number of carbonyl (C=O) groups is 1. The minimum atomic E-state index is -4.04. The van der Waals surface area contributed by atoms with Gasteiger partial charge in [0.1, 0.15) is 5.60 Å². The van der Waals surface area contributed by atoms with Gasteiger partial charge in [-0.05, 0) is 64.4 Å². The van der Waals surface area contributed by atoms with E-state index < -0.39 is 21.0 Å². The molecular weight excluding hydrogens is 508 g/mol. The highest BCUT2D eigenvalue weighted by Crippen LogP contribution is 2.28. The van der Waals surface area contributed by atoms with Gasteiger partial charge in [0.2, 0.25) is 14.9 Å². The molecule has 12 heteroatoms. The number of carbonyl (C=O) groups excluding carboxylic acids is 1. The maximum atomic E-state index is 13.5. The van der Waals surface area contributed by atoms with Crippen LogP contribution in [0.3, 0.4) is 0 Å². The summed E-state index contributed by atoms with van der Waals surface area (Å²) < 4.78 is 33.9. The van der Waals surface area contributed by atoms with Crippen molar-refractivity contribution in [1.82, 2.24) is 24.7 Å². The van der Waals surface area contributed by atoms with Crippen molar-refractivity contribution in [1.29, 1.82) is 0 Å². The van der Waals surface area contributed by atoms with Crippen molar-refractivity contribution in [3.8, 4) is 0 Å². The van der Waals surface area contributed by atoms with Crippen LogP contribution in [-0.4, -0.2) is 71.0 Å². The van der Waals surface area contributed by atoms with Crippen molar-refractivity contribution < 1.29 is 17.9 Å². The first-order valence-electron chi connectivity index (χ1n) is 12.3. The Bertz CT molecular complexity index is 1730. The zero-order chi connectivity index (χ0) is 27.4. The van der Waals surface area contributed by atoms with Crippen LogP contribution in [0.5, 0.6) is 0 Å². The largest absolute Gasteiger partial charge is 0.444 e. The lowest BCUT2D eigenvalue weighted by Gasteiger charge is -2.36. The van der Waals surface area contributed by atoms with Crippen LogP contribution in [0.2, 0.25) is 0 Å². The van der Waals surface area contributed by atoms with Crippen LogP contribution in [0.1, 0.15) is 31.9 Å². The number of anilines is 1. The Kier molecular flexibility index (Phi) is 6.17. The molecule has 0 unspecified atom stereocenters. The number of hydrogen-bond donors (Lipinski definition) is 1. The maximum Gasteiger partial charge on any atom is 0.410 e. The van der Waals surface area contributed by atoms with Gasteiger partial charge in [0.15, 0.2) is 5.65 Å². The summed E-state index contributed by atoms with van der Waals surface area (Å²) in [4.78, 5) is 33.3. The number of rotatable bonds is 3. The van der Waals surface area contributed by atoms with Gasteiger partial charge < -0.3 is 14.5 Å². The highest BCUT2D eigenvalue weighted by Gasteiger charge is 2.29. The summed E-state index contributed by atoms with van der Waals surface area (Å²) in [6.45, 7) is 11.2. The lowest BCUT2D eigenvalue weighted by atomic mass is 10.2. The number of fused-ring (bicyclic) bond motifs is 3. The van der Waals surface area contributed by atoms with Gasteiger partial charge in [0.25, 0.3) is 5.56 Å². The molecule has 4 aromatic rings. The van der Waals surface area contributed by atoms with Crippen molar-refractivity contribution in [3.05, 3.63) is 57.9 Å². The van der Waals surface area contributed by atoms with Crippen LogP contribution in [0, 0.1) is 13.8 Å². The van der Waals surface area contributed by atoms with E-state index in [0.29, 0.717) is 42.6 Å². The highest BCUT2D eigenvalue weighted by molar-refractivity contribution is 7.91. The molecule has 3 heterocycles. The molecule has 0 saturated carbocycles. The first-order chi connectivity index (χ1) is 17.8. The molecule has 0 radical (unpaired) electrons. The van der Waals surface area contributed by atoms with E-state index in [0.717, 1.165) is 11.3 Å². The smallest absolute Gasteiger partial charge is 0.410 e. The normalized spacial score (nSPS) is 14.9. The second-order valence-electron chi connectivity index (χ2n) is 10.5. The number of H-pyrrole nitrogens is 1. The number of nitrogens with zero attached hydrogens (tertiary/aromatic N) is 5. The molecule has 1 aliphatic heterocycles. The minimum absolute atomic E-state index is 0.0608. The number of aromatic amines is 1. The Labute approximate surface area is 219 Å². The molecular formula is C26H30N6O5S. The van der Waals surface area contributed by atoms with Crippen LogP contribution in [0.4, 0.5) is 10.5 Å². The van der Waals surface area contributed by atoms with E-state index in [1.165, 1.54) is 4.52 Å². The topological polar surface area (TPSA) is 130 Å². The third-order valence-corrected chi connectivity index (χ3v) is 8.31. The fourth-order valence-electron chi connectivity index (χ4n) is 4.65. The zero-order valence-electron chi connectivity index (χ0n) is 22.0. The Hall–Kier alpha value is -3.93. The summed E-state index contributed by atoms with van der Waals surface area (Å²) in [6, 6.07) is 10.3. The molecule has 1 N–H and O–H groups in total. The monoisotopic (exact) mass is 538 g/mol. The van der Waals surface area contributed by atoms with E-state index in [2.05, 4.69) is 20.2 Å². The van der Waals surface area contributed by atoms with Crippen LogP contribution >= 0.6 is 0 Å². The van der Waals surface area contributed by atoms with Crippen molar-refractivity contribution in [2.75, 3.05) is 31.1 Å². The van der Waals surface area contributed by atoms with Gasteiger partial charge in [0.05, 0.1) is 15.8 Å². The van der Waals surface area contributed by atoms with E-state index in [9.17, 15) is 18.0 Å². The second kappa shape index (κ2) is 9.12. The molecule has 0 aliphatic carbocycles. The molecule has 38 heavy (non-hydrogen) atoms. The van der Waals surface area contributed by atoms with Crippen LogP contribution in [0.25, 0.3) is 16.6 Å². The number of nitrogens with one attached hydrogen (secondary N) is 1. The van der Waals surface area contributed by atoms with Crippen LogP contribution in [0.15, 0.2) is 51.1 Å². The van der Waals surface area contributed by atoms with Crippen molar-refractivity contribution in [3.63, 3.8) is 0 Å². The number of amides is 1. The number of ether oxygens (including phenoxy) is 1. The molecule has 1 amide bonds. The standard InChI is InChI=1S/C26H30N6O5S/c1-16-6-9-21(17(2)14-16)38(35,36)24-22-27-23(33)19-8-7-18(15-20(19)32(22)29-28-24)30-10-12-31(13-11-30)25(34)37-26(3,4)5/h6-9,14-15,29H,10-13H2,1-5H3. The summed E-state index contributed by atoms with van der Waals surface area (Å²) >= 11 is 0. The predicted octanol–water partition coefficient (Wildman–Crippen LogP) is 3.08. The molecule has 0 spiro atoms. The average molecular weight is 539 g/mol. The van der Waals surface area contributed by atoms with E-state index in [-0.39, 0.29) is 21.7 Å². The Morgan fingerprint density at radius 3 is 2.39 bits per heavy atom. The summed E-state index contributed by atoms with van der Waals surface area (Å²) in [7, 11) is -4.04. The fourth-order valence-corrected chi connectivity index (χ4v) is 6.13. The molecule has 0 bridgehead atoms. The molecule has 1 aliphatic rings. The molecule has 1 saturated heterocycles. The Balaban J connectivity index is 1.50. The third-order valence-electron chi connectivity index (χ3n) is 6.49. The van der Waals surface area contributed by atoms with E-state index in [4.69, 9.17) is 4.74 Å². The molecule has 5 rings (SSSR count). The van der Waals surface area contributed by atoms with Crippen molar-refractivity contribution in [2.24, 2.45) is 0 Å². The molecule has 0 atom stereocenters. The minimum Gasteiger partial charge on any atom is -0.444 e. The lowest BCUT2D eigenvalue weighted by molar-refractivity contribution is 0.0240. The summed E-state index contributed by atoms with van der Waals surface area (Å²) in [5.74, 6) is 0. The van der Waals surface area contributed by atoms with E-state index in [1.54, 1.807) is 42.2 Å². The summed E-state index contributed by atoms with van der Waals surface area (Å²) in [5, 5.41) is 6.84. The predicted molar refractivity (Wildman–Crippen MR) is 143 cm³/mol. The van der Waals surface area contributed by atoms with Gasteiger partial charge in [-0.25, -0.2) is 22.9 Å². The lowest BCUT2D eigenvalue weighted by Crippen LogP contribution is -2.50. The van der Waals surface area contributed by atoms with Gasteiger partial charge in [-0.2, -0.15) is 4.98 Å². The number of aryl methyl sites for hydroxylation is 2. The fraction of sp³-hybridized carbons (Fsp3) is 0.385. The van der Waals surface area contributed by atoms with Crippen molar-refractivity contribution >= 4 is 38.2 Å².